The molecule has 1 unspecified atom stereocenters. The van der Waals surface area contributed by atoms with E-state index < -0.39 is 0 Å². The Morgan fingerprint density at radius 1 is 1.24 bits per heavy atom. The van der Waals surface area contributed by atoms with Gasteiger partial charge in [-0.15, -0.1) is 35.1 Å². The van der Waals surface area contributed by atoms with E-state index in [9.17, 15) is 0 Å². The minimum Gasteiger partial charge on any atom is -0.260 e. The number of fused-ring (bicyclic) bond motifs is 1. The zero-order valence-corrected chi connectivity index (χ0v) is 12.2. The fraction of sp³-hybridized carbons (Fsp3) is 0.308. The summed E-state index contributed by atoms with van der Waals surface area (Å²) in [5.74, 6) is 0.547. The number of nitrogens with zero attached hydrogens (tertiary/aromatic N) is 1. The van der Waals surface area contributed by atoms with Crippen molar-refractivity contribution in [1.29, 1.82) is 0 Å². The van der Waals surface area contributed by atoms with E-state index >= 15 is 0 Å². The van der Waals surface area contributed by atoms with Gasteiger partial charge in [0.15, 0.2) is 0 Å². The first-order chi connectivity index (χ1) is 7.77. The van der Waals surface area contributed by atoms with Crippen LogP contribution in [0.25, 0.3) is 0 Å². The first-order valence-corrected chi connectivity index (χ1v) is 7.18. The highest BCUT2D eigenvalue weighted by Gasteiger charge is 2.24. The van der Waals surface area contributed by atoms with Gasteiger partial charge in [-0.1, -0.05) is 0 Å². The highest BCUT2D eigenvalue weighted by atomic mass is 35.5. The number of aryl methyl sites for hydroxylation is 1. The first-order valence-electron chi connectivity index (χ1n) is 5.42. The predicted octanol–water partition coefficient (Wildman–Crippen LogP) is 5.09. The average Bonchev–Trinajstić information content (AvgIpc) is 2.87. The van der Waals surface area contributed by atoms with Gasteiger partial charge in [0.25, 0.3) is 0 Å². The molecule has 1 nitrogen and oxygen atoms in total. The maximum atomic E-state index is 4.46. The molecule has 2 aromatic rings. The second-order valence-corrected chi connectivity index (χ2v) is 6.04. The summed E-state index contributed by atoms with van der Waals surface area (Å²) in [6, 6.07) is 2.12. The van der Waals surface area contributed by atoms with E-state index in [1.807, 2.05) is 22.7 Å². The molecule has 0 aliphatic carbocycles. The third-order valence-corrected chi connectivity index (χ3v) is 5.54. The van der Waals surface area contributed by atoms with Crippen LogP contribution in [-0.2, 0) is 0 Å². The summed E-state index contributed by atoms with van der Waals surface area (Å²) < 4.78 is 0. The average molecular weight is 284 g/mol. The van der Waals surface area contributed by atoms with Crippen molar-refractivity contribution in [2.24, 2.45) is 4.99 Å². The number of aliphatic imine (C=N–C) groups is 1. The van der Waals surface area contributed by atoms with E-state index in [4.69, 9.17) is 0 Å². The van der Waals surface area contributed by atoms with E-state index in [2.05, 4.69) is 41.9 Å². The lowest BCUT2D eigenvalue weighted by atomic mass is 9.96. The smallest absolute Gasteiger partial charge is 0.0771 e. The molecule has 3 heterocycles. The Kier molecular flexibility index (Phi) is 3.71. The van der Waals surface area contributed by atoms with Crippen LogP contribution < -0.4 is 0 Å². The quantitative estimate of drug-likeness (QED) is 0.691. The summed E-state index contributed by atoms with van der Waals surface area (Å²) >= 11 is 3.73. The van der Waals surface area contributed by atoms with Crippen molar-refractivity contribution < 1.29 is 0 Å². The lowest BCUT2D eigenvalue weighted by Crippen LogP contribution is -2.03. The van der Waals surface area contributed by atoms with Crippen LogP contribution in [0.5, 0.6) is 0 Å². The normalized spacial score (nSPS) is 17.6. The largest absolute Gasteiger partial charge is 0.260 e. The van der Waals surface area contributed by atoms with Gasteiger partial charge in [-0.05, 0) is 48.2 Å². The summed E-state index contributed by atoms with van der Waals surface area (Å²) in [6.07, 6.45) is 3.11. The van der Waals surface area contributed by atoms with E-state index in [1.54, 1.807) is 0 Å². The van der Waals surface area contributed by atoms with Crippen molar-refractivity contribution in [2.75, 3.05) is 0 Å². The van der Waals surface area contributed by atoms with Crippen LogP contribution in [0.4, 0.5) is 5.69 Å². The Labute approximate surface area is 116 Å². The van der Waals surface area contributed by atoms with Crippen LogP contribution in [0, 0.1) is 13.8 Å². The lowest BCUT2D eigenvalue weighted by Gasteiger charge is -2.17. The van der Waals surface area contributed by atoms with Gasteiger partial charge < -0.3 is 0 Å². The highest BCUT2D eigenvalue weighted by Crippen LogP contribution is 2.44. The van der Waals surface area contributed by atoms with Gasteiger partial charge in [-0.2, -0.15) is 0 Å². The highest BCUT2D eigenvalue weighted by molar-refractivity contribution is 7.12. The van der Waals surface area contributed by atoms with Gasteiger partial charge in [0.2, 0.25) is 0 Å². The molecular formula is C13H14ClNS2. The van der Waals surface area contributed by atoms with Gasteiger partial charge in [-0.25, -0.2) is 0 Å². The molecule has 0 bridgehead atoms. The van der Waals surface area contributed by atoms with E-state index in [-0.39, 0.29) is 12.4 Å². The Balaban J connectivity index is 0.00000108. The topological polar surface area (TPSA) is 12.4 Å². The summed E-state index contributed by atoms with van der Waals surface area (Å²) in [7, 11) is 0. The maximum Gasteiger partial charge on any atom is 0.0771 e. The molecular weight excluding hydrogens is 270 g/mol. The molecule has 0 radical (unpaired) electrons. The Hall–Kier alpha value is -0.640. The third kappa shape index (κ3) is 2.07. The SMILES string of the molecule is Cc1csc(C2CC=Nc3ccsc32)c1C.Cl. The minimum absolute atomic E-state index is 0. The van der Waals surface area contributed by atoms with Crippen molar-refractivity contribution in [1.82, 2.24) is 0 Å². The van der Waals surface area contributed by atoms with Crippen molar-refractivity contribution in [3.05, 3.63) is 37.7 Å². The summed E-state index contributed by atoms with van der Waals surface area (Å²) in [5, 5.41) is 4.42. The van der Waals surface area contributed by atoms with Gasteiger partial charge in [-0.3, -0.25) is 4.99 Å². The van der Waals surface area contributed by atoms with Crippen molar-refractivity contribution in [3.63, 3.8) is 0 Å². The molecule has 0 amide bonds. The molecule has 1 aliphatic rings. The molecule has 0 N–H and O–H groups in total. The van der Waals surface area contributed by atoms with Crippen molar-refractivity contribution in [2.45, 2.75) is 26.2 Å². The third-order valence-electron chi connectivity index (χ3n) is 3.20. The summed E-state index contributed by atoms with van der Waals surface area (Å²) in [4.78, 5) is 7.41. The molecule has 1 atom stereocenters. The summed E-state index contributed by atoms with van der Waals surface area (Å²) in [5.41, 5.74) is 4.05. The van der Waals surface area contributed by atoms with Gasteiger partial charge in [0.05, 0.1) is 5.69 Å². The monoisotopic (exact) mass is 283 g/mol. The van der Waals surface area contributed by atoms with Gasteiger partial charge in [0, 0.05) is 21.9 Å². The molecule has 0 saturated heterocycles. The zero-order chi connectivity index (χ0) is 11.1. The first kappa shape index (κ1) is 12.8. The molecule has 0 fully saturated rings. The van der Waals surface area contributed by atoms with E-state index in [0.29, 0.717) is 5.92 Å². The number of rotatable bonds is 1. The van der Waals surface area contributed by atoms with Crippen molar-refractivity contribution >= 4 is 47.0 Å². The summed E-state index contributed by atoms with van der Waals surface area (Å²) in [6.45, 7) is 4.43. The number of halogens is 1. The van der Waals surface area contributed by atoms with Crippen LogP contribution in [0.2, 0.25) is 0 Å². The molecule has 1 aliphatic heterocycles. The van der Waals surface area contributed by atoms with Crippen LogP contribution in [0.1, 0.15) is 33.2 Å². The number of hydrogen-bond donors (Lipinski definition) is 0. The lowest BCUT2D eigenvalue weighted by molar-refractivity contribution is 0.885. The predicted molar refractivity (Wildman–Crippen MR) is 80.0 cm³/mol. The van der Waals surface area contributed by atoms with Crippen LogP contribution >= 0.6 is 35.1 Å². The molecule has 3 rings (SSSR count). The van der Waals surface area contributed by atoms with Crippen LogP contribution in [0.3, 0.4) is 0 Å². The zero-order valence-electron chi connectivity index (χ0n) is 9.77. The number of thiophene rings is 2. The Morgan fingerprint density at radius 2 is 2.06 bits per heavy atom. The molecule has 0 spiro atoms. The molecule has 0 aromatic carbocycles. The number of hydrogen-bond acceptors (Lipinski definition) is 3. The molecule has 0 saturated carbocycles. The van der Waals surface area contributed by atoms with Gasteiger partial charge >= 0.3 is 0 Å². The molecule has 17 heavy (non-hydrogen) atoms. The van der Waals surface area contributed by atoms with E-state index in [0.717, 1.165) is 6.42 Å². The standard InChI is InChI=1S/C13H13NS2.ClH/c1-8-7-16-12(9(8)2)10-3-5-14-11-4-6-15-13(10)11;/h4-7,10H,3H2,1-2H3;1H. The second-order valence-electron chi connectivity index (χ2n) is 4.18. The van der Waals surface area contributed by atoms with Crippen molar-refractivity contribution in [3.8, 4) is 0 Å². The second kappa shape index (κ2) is 4.92. The van der Waals surface area contributed by atoms with Crippen LogP contribution in [0.15, 0.2) is 21.8 Å². The fourth-order valence-corrected chi connectivity index (χ4v) is 4.37. The Morgan fingerprint density at radius 3 is 2.76 bits per heavy atom. The Bertz CT molecular complexity index is 554. The van der Waals surface area contributed by atoms with Crippen LogP contribution in [-0.4, -0.2) is 6.21 Å². The maximum absolute atomic E-state index is 4.46. The minimum atomic E-state index is 0. The molecule has 2 aromatic heterocycles. The molecule has 4 heteroatoms. The molecule has 90 valence electrons. The van der Waals surface area contributed by atoms with E-state index in [1.165, 1.54) is 26.6 Å². The van der Waals surface area contributed by atoms with Gasteiger partial charge in [0.1, 0.15) is 0 Å². The fourth-order valence-electron chi connectivity index (χ4n) is 2.14.